The van der Waals surface area contributed by atoms with Gasteiger partial charge in [0.2, 0.25) is 0 Å². The van der Waals surface area contributed by atoms with Crippen molar-refractivity contribution in [3.05, 3.63) is 69.8 Å². The summed E-state index contributed by atoms with van der Waals surface area (Å²) in [5.41, 5.74) is 0.987. The Bertz CT molecular complexity index is 836. The van der Waals surface area contributed by atoms with Crippen LogP contribution in [0.5, 0.6) is 0 Å². The van der Waals surface area contributed by atoms with Crippen LogP contribution in [0.1, 0.15) is 27.6 Å². The largest absolute Gasteiger partial charge is 0.332 e. The Morgan fingerprint density at radius 2 is 1.75 bits per heavy atom. The van der Waals surface area contributed by atoms with Gasteiger partial charge in [-0.25, -0.2) is 0 Å². The minimum atomic E-state index is -0.583. The van der Waals surface area contributed by atoms with Crippen molar-refractivity contribution in [3.8, 4) is 0 Å². The molecule has 7 nitrogen and oxygen atoms in total. The Balaban J connectivity index is 2.05. The molecule has 0 heterocycles. The van der Waals surface area contributed by atoms with Crippen LogP contribution in [0, 0.1) is 10.1 Å². The molecule has 2 N–H and O–H groups in total. The van der Waals surface area contributed by atoms with Gasteiger partial charge in [0.25, 0.3) is 11.6 Å². The number of Topliss-reactive ketones (excluding diaryl/α,β-unsaturated/α-hetero) is 1. The Hall–Kier alpha value is -3.13. The highest BCUT2D eigenvalue weighted by molar-refractivity contribution is 7.80. The van der Waals surface area contributed by atoms with Gasteiger partial charge in [0, 0.05) is 28.9 Å². The van der Waals surface area contributed by atoms with Crippen molar-refractivity contribution in [2.24, 2.45) is 0 Å². The van der Waals surface area contributed by atoms with Gasteiger partial charge in [-0.1, -0.05) is 18.2 Å². The number of non-ortho nitro benzene ring substituents is 1. The van der Waals surface area contributed by atoms with E-state index in [1.807, 2.05) is 0 Å². The van der Waals surface area contributed by atoms with Crippen LogP contribution in [0.2, 0.25) is 0 Å². The molecule has 0 unspecified atom stereocenters. The van der Waals surface area contributed by atoms with Crippen molar-refractivity contribution in [2.75, 3.05) is 5.32 Å². The number of nitro groups is 1. The van der Waals surface area contributed by atoms with Crippen LogP contribution >= 0.6 is 12.2 Å². The molecule has 0 aromatic heterocycles. The van der Waals surface area contributed by atoms with E-state index in [9.17, 15) is 19.7 Å². The molecule has 2 rings (SSSR count). The zero-order valence-electron chi connectivity index (χ0n) is 12.6. The summed E-state index contributed by atoms with van der Waals surface area (Å²) in [6.45, 7) is 1.45. The molecule has 2 aromatic carbocycles. The number of nitrogens with zero attached hydrogens (tertiary/aromatic N) is 1. The molecule has 8 heteroatoms. The number of amides is 1. The monoisotopic (exact) mass is 343 g/mol. The van der Waals surface area contributed by atoms with Gasteiger partial charge in [-0.15, -0.1) is 0 Å². The van der Waals surface area contributed by atoms with Crippen LogP contribution in [0.3, 0.4) is 0 Å². The minimum Gasteiger partial charge on any atom is -0.332 e. The zero-order chi connectivity index (χ0) is 17.7. The van der Waals surface area contributed by atoms with Gasteiger partial charge in [-0.05, 0) is 37.3 Å². The SMILES string of the molecule is CC(=O)c1cccc(NC(=S)NC(=O)c2cccc([N+](=O)[O-])c2)c1. The number of hydrogen-bond acceptors (Lipinski definition) is 5. The fourth-order valence-electron chi connectivity index (χ4n) is 1.91. The normalized spacial score (nSPS) is 9.88. The van der Waals surface area contributed by atoms with Crippen LogP contribution in [-0.4, -0.2) is 21.7 Å². The van der Waals surface area contributed by atoms with Crippen LogP contribution in [0.15, 0.2) is 48.5 Å². The second-order valence-electron chi connectivity index (χ2n) is 4.85. The van der Waals surface area contributed by atoms with E-state index in [4.69, 9.17) is 12.2 Å². The van der Waals surface area contributed by atoms with Crippen LogP contribution < -0.4 is 10.6 Å². The Kier molecular flexibility index (Phi) is 5.33. The van der Waals surface area contributed by atoms with Crippen molar-refractivity contribution in [1.82, 2.24) is 5.32 Å². The second kappa shape index (κ2) is 7.42. The first-order valence-corrected chi connectivity index (χ1v) is 7.25. The molecule has 1 amide bonds. The van der Waals surface area contributed by atoms with Crippen molar-refractivity contribution < 1.29 is 14.5 Å². The molecular formula is C16H13N3O4S. The number of anilines is 1. The summed E-state index contributed by atoms with van der Waals surface area (Å²) in [6, 6.07) is 12.0. The van der Waals surface area contributed by atoms with Gasteiger partial charge in [0.1, 0.15) is 0 Å². The molecule has 24 heavy (non-hydrogen) atoms. The molecule has 0 saturated heterocycles. The van der Waals surface area contributed by atoms with E-state index >= 15 is 0 Å². The molecule has 0 aliphatic heterocycles. The molecule has 0 bridgehead atoms. The highest BCUT2D eigenvalue weighted by Crippen LogP contribution is 2.14. The topological polar surface area (TPSA) is 101 Å². The van der Waals surface area contributed by atoms with Gasteiger partial charge in [0.15, 0.2) is 10.9 Å². The molecule has 0 aliphatic rings. The summed E-state index contributed by atoms with van der Waals surface area (Å²) in [5.74, 6) is -0.663. The van der Waals surface area contributed by atoms with Crippen LogP contribution in [0.4, 0.5) is 11.4 Å². The molecule has 122 valence electrons. The number of benzene rings is 2. The number of nitro benzene ring substituents is 1. The van der Waals surface area contributed by atoms with E-state index in [1.165, 1.54) is 25.1 Å². The predicted molar refractivity (Wildman–Crippen MR) is 93.2 cm³/mol. The number of carbonyl (C=O) groups excluding carboxylic acids is 2. The number of nitrogens with one attached hydrogen (secondary N) is 2. The summed E-state index contributed by atoms with van der Waals surface area (Å²) in [5, 5.41) is 16.0. The van der Waals surface area contributed by atoms with Crippen LogP contribution in [0.25, 0.3) is 0 Å². The first kappa shape index (κ1) is 17.2. The number of rotatable bonds is 4. The average Bonchev–Trinajstić information content (AvgIpc) is 2.55. The maximum absolute atomic E-state index is 12.1. The van der Waals surface area contributed by atoms with Crippen molar-refractivity contribution in [2.45, 2.75) is 6.92 Å². The van der Waals surface area contributed by atoms with Crippen LogP contribution in [-0.2, 0) is 0 Å². The lowest BCUT2D eigenvalue weighted by molar-refractivity contribution is -0.384. The van der Waals surface area contributed by atoms with E-state index in [1.54, 1.807) is 24.3 Å². The molecule has 2 aromatic rings. The summed E-state index contributed by atoms with van der Waals surface area (Å²) in [4.78, 5) is 33.6. The van der Waals surface area contributed by atoms with E-state index in [0.717, 1.165) is 6.07 Å². The molecule has 0 atom stereocenters. The highest BCUT2D eigenvalue weighted by Gasteiger charge is 2.12. The smallest absolute Gasteiger partial charge is 0.270 e. The van der Waals surface area contributed by atoms with E-state index in [-0.39, 0.29) is 22.1 Å². The first-order valence-electron chi connectivity index (χ1n) is 6.84. The average molecular weight is 343 g/mol. The lowest BCUT2D eigenvalue weighted by Crippen LogP contribution is -2.34. The van der Waals surface area contributed by atoms with Gasteiger partial charge < -0.3 is 5.32 Å². The Morgan fingerprint density at radius 3 is 2.42 bits per heavy atom. The quantitative estimate of drug-likeness (QED) is 0.383. The van der Waals surface area contributed by atoms with E-state index in [2.05, 4.69) is 10.6 Å². The van der Waals surface area contributed by atoms with Gasteiger partial charge in [-0.2, -0.15) is 0 Å². The third-order valence-corrected chi connectivity index (χ3v) is 3.28. The second-order valence-corrected chi connectivity index (χ2v) is 5.26. The fraction of sp³-hybridized carbons (Fsp3) is 0.0625. The summed E-state index contributed by atoms with van der Waals surface area (Å²) in [6.07, 6.45) is 0. The van der Waals surface area contributed by atoms with Crippen molar-refractivity contribution >= 4 is 40.4 Å². The number of ketones is 1. The van der Waals surface area contributed by atoms with Gasteiger partial charge in [-0.3, -0.25) is 25.0 Å². The summed E-state index contributed by atoms with van der Waals surface area (Å²) in [7, 11) is 0. The number of thiocarbonyl (C=S) groups is 1. The molecule has 0 spiro atoms. The Labute approximate surface area is 142 Å². The lowest BCUT2D eigenvalue weighted by atomic mass is 10.1. The molecule has 0 fully saturated rings. The summed E-state index contributed by atoms with van der Waals surface area (Å²) < 4.78 is 0. The molecule has 0 aliphatic carbocycles. The highest BCUT2D eigenvalue weighted by atomic mass is 32.1. The van der Waals surface area contributed by atoms with E-state index < -0.39 is 10.8 Å². The molecule has 0 saturated carbocycles. The lowest BCUT2D eigenvalue weighted by Gasteiger charge is -2.10. The maximum atomic E-state index is 12.1. The molecular weight excluding hydrogens is 330 g/mol. The predicted octanol–water partition coefficient (Wildman–Crippen LogP) is 2.92. The standard InChI is InChI=1S/C16H13N3O4S/c1-10(20)11-4-2-6-13(8-11)17-16(24)18-15(21)12-5-3-7-14(9-12)19(22)23/h2-9H,1H3,(H2,17,18,21,24). The van der Waals surface area contributed by atoms with Crippen molar-refractivity contribution in [3.63, 3.8) is 0 Å². The number of carbonyl (C=O) groups is 2. The zero-order valence-corrected chi connectivity index (χ0v) is 13.4. The Morgan fingerprint density at radius 1 is 1.08 bits per heavy atom. The summed E-state index contributed by atoms with van der Waals surface area (Å²) >= 11 is 5.04. The third kappa shape index (κ3) is 4.43. The molecule has 0 radical (unpaired) electrons. The third-order valence-electron chi connectivity index (χ3n) is 3.07. The maximum Gasteiger partial charge on any atom is 0.270 e. The van der Waals surface area contributed by atoms with Gasteiger partial charge >= 0.3 is 0 Å². The first-order chi connectivity index (χ1) is 11.4. The fourth-order valence-corrected chi connectivity index (χ4v) is 2.12. The van der Waals surface area contributed by atoms with E-state index in [0.29, 0.717) is 11.3 Å². The van der Waals surface area contributed by atoms with Gasteiger partial charge in [0.05, 0.1) is 4.92 Å². The minimum absolute atomic E-state index is 0.0206. The van der Waals surface area contributed by atoms with Crippen molar-refractivity contribution in [1.29, 1.82) is 0 Å². The number of hydrogen-bond donors (Lipinski definition) is 2.